The second-order valence-electron chi connectivity index (χ2n) is 4.87. The van der Waals surface area contributed by atoms with Gasteiger partial charge in [0.15, 0.2) is 0 Å². The van der Waals surface area contributed by atoms with Gasteiger partial charge in [0, 0.05) is 10.8 Å². The van der Waals surface area contributed by atoms with Crippen LogP contribution in [0, 0.1) is 0 Å². The van der Waals surface area contributed by atoms with Crippen molar-refractivity contribution < 1.29 is 0 Å². The second-order valence-corrected chi connectivity index (χ2v) is 8.67. The Balaban J connectivity index is 1.95. The van der Waals surface area contributed by atoms with Gasteiger partial charge in [0.05, 0.1) is 13.6 Å². The molecule has 2 aromatic rings. The predicted molar refractivity (Wildman–Crippen MR) is 90.8 cm³/mol. The zero-order valence-electron chi connectivity index (χ0n) is 10.2. The Kier molecular flexibility index (Phi) is 4.37. The van der Waals surface area contributed by atoms with Crippen LogP contribution in [0.1, 0.15) is 39.6 Å². The van der Waals surface area contributed by atoms with Gasteiger partial charge in [-0.2, -0.15) is 0 Å². The topological polar surface area (TPSA) is 0 Å². The van der Waals surface area contributed by atoms with Crippen LogP contribution in [0.2, 0.25) is 5.02 Å². The van der Waals surface area contributed by atoms with Gasteiger partial charge in [-0.05, 0) is 52.4 Å². The fourth-order valence-electron chi connectivity index (χ4n) is 2.79. The molecule has 3 rings (SSSR count). The number of hydrogen-bond acceptors (Lipinski definition) is 1. The highest BCUT2D eigenvalue weighted by Crippen LogP contribution is 2.48. The molecule has 0 amide bonds. The molecule has 1 heterocycles. The summed E-state index contributed by atoms with van der Waals surface area (Å²) in [7, 11) is 0. The van der Waals surface area contributed by atoms with Crippen LogP contribution in [0.3, 0.4) is 0 Å². The smallest absolute Gasteiger partial charge is 0.0887 e. The van der Waals surface area contributed by atoms with Gasteiger partial charge in [0.25, 0.3) is 0 Å². The molecule has 0 N–H and O–H groups in total. The third-order valence-corrected chi connectivity index (χ3v) is 7.70. The first-order valence-corrected chi connectivity index (χ1v) is 9.23. The highest BCUT2D eigenvalue weighted by molar-refractivity contribution is 9.11. The summed E-state index contributed by atoms with van der Waals surface area (Å²) in [4.78, 5) is 1.65. The van der Waals surface area contributed by atoms with Gasteiger partial charge in [-0.3, -0.25) is 0 Å². The minimum Gasteiger partial charge on any atom is -0.130 e. The quantitative estimate of drug-likeness (QED) is 0.473. The van der Waals surface area contributed by atoms with Crippen molar-refractivity contribution in [3.63, 3.8) is 0 Å². The maximum atomic E-state index is 6.16. The molecule has 1 aliphatic rings. The minimum absolute atomic E-state index is 0.350. The first-order valence-electron chi connectivity index (χ1n) is 6.33. The lowest BCUT2D eigenvalue weighted by atomic mass is 9.81. The van der Waals surface area contributed by atoms with Crippen molar-refractivity contribution in [2.45, 2.75) is 30.0 Å². The van der Waals surface area contributed by atoms with E-state index in [2.05, 4.69) is 62.2 Å². The van der Waals surface area contributed by atoms with E-state index in [1.54, 1.807) is 11.3 Å². The summed E-state index contributed by atoms with van der Waals surface area (Å²) in [6.07, 6.45) is 3.71. The predicted octanol–water partition coefficient (Wildman–Crippen LogP) is 6.72. The molecule has 0 nitrogen and oxygen atoms in total. The molecule has 19 heavy (non-hydrogen) atoms. The van der Waals surface area contributed by atoms with Crippen molar-refractivity contribution in [3.05, 3.63) is 55.1 Å². The molecule has 0 saturated carbocycles. The number of hydrogen-bond donors (Lipinski definition) is 0. The Hall–Kier alpha value is 0.170. The van der Waals surface area contributed by atoms with E-state index in [0.717, 1.165) is 8.81 Å². The van der Waals surface area contributed by atoms with Gasteiger partial charge in [-0.25, -0.2) is 0 Å². The van der Waals surface area contributed by atoms with Crippen LogP contribution in [0.4, 0.5) is 0 Å². The Labute approximate surface area is 139 Å². The average molecular weight is 421 g/mol. The molecule has 2 unspecified atom stereocenters. The van der Waals surface area contributed by atoms with Crippen LogP contribution in [-0.2, 0) is 6.42 Å². The number of aryl methyl sites for hydroxylation is 1. The first kappa shape index (κ1) is 14.1. The number of alkyl halides is 1. The van der Waals surface area contributed by atoms with Crippen LogP contribution >= 0.6 is 54.8 Å². The number of benzene rings is 1. The lowest BCUT2D eigenvalue weighted by Crippen LogP contribution is -2.13. The van der Waals surface area contributed by atoms with Gasteiger partial charge in [0.2, 0.25) is 0 Å². The molecule has 0 bridgehead atoms. The highest BCUT2D eigenvalue weighted by atomic mass is 79.9. The van der Waals surface area contributed by atoms with E-state index in [9.17, 15) is 0 Å². The fourth-order valence-corrected chi connectivity index (χ4v) is 5.54. The number of thiophene rings is 1. The molecule has 0 spiro atoms. The van der Waals surface area contributed by atoms with Crippen molar-refractivity contribution >= 4 is 54.8 Å². The molecule has 0 aliphatic heterocycles. The number of halogens is 3. The van der Waals surface area contributed by atoms with E-state index in [1.807, 2.05) is 0 Å². The third kappa shape index (κ3) is 2.80. The molecular weight excluding hydrogens is 407 g/mol. The van der Waals surface area contributed by atoms with Gasteiger partial charge >= 0.3 is 0 Å². The summed E-state index contributed by atoms with van der Waals surface area (Å²) in [5, 5.41) is 0.813. The molecule has 2 atom stereocenters. The number of rotatable bonds is 2. The second kappa shape index (κ2) is 5.88. The molecule has 1 aromatic carbocycles. The fraction of sp³-hybridized carbons (Fsp3) is 0.333. The normalized spacial score (nSPS) is 20.1. The molecule has 100 valence electrons. The van der Waals surface area contributed by atoms with Crippen LogP contribution in [0.15, 0.2) is 34.1 Å². The van der Waals surface area contributed by atoms with Gasteiger partial charge in [0.1, 0.15) is 0 Å². The van der Waals surface area contributed by atoms with Crippen molar-refractivity contribution in [2.24, 2.45) is 0 Å². The zero-order chi connectivity index (χ0) is 13.4. The Bertz CT molecular complexity index is 574. The maximum Gasteiger partial charge on any atom is 0.0887 e. The number of fused-ring (bicyclic) bond motifs is 1. The highest BCUT2D eigenvalue weighted by Gasteiger charge is 2.28. The van der Waals surface area contributed by atoms with Gasteiger partial charge in [-0.15, -0.1) is 11.3 Å². The summed E-state index contributed by atoms with van der Waals surface area (Å²) in [5.41, 5.74) is 3.00. The van der Waals surface area contributed by atoms with E-state index in [1.165, 1.54) is 35.3 Å². The Morgan fingerprint density at radius 2 is 2.11 bits per heavy atom. The Morgan fingerprint density at radius 3 is 2.84 bits per heavy atom. The standard InChI is InChI=1S/C15H13Br2ClS/c16-14(13-8-12(18)15(17)19-13)11-7-3-5-9-4-1-2-6-10(9)11/h1-2,4,6,8,11,14H,3,5,7H2. The average Bonchev–Trinajstić information content (AvgIpc) is 2.77. The summed E-state index contributed by atoms with van der Waals surface area (Å²) < 4.78 is 1.03. The summed E-state index contributed by atoms with van der Waals surface area (Å²) in [5.74, 6) is 0.548. The van der Waals surface area contributed by atoms with Crippen molar-refractivity contribution in [2.75, 3.05) is 0 Å². The lowest BCUT2D eigenvalue weighted by molar-refractivity contribution is 0.550. The Morgan fingerprint density at radius 1 is 1.32 bits per heavy atom. The minimum atomic E-state index is 0.350. The third-order valence-electron chi connectivity index (χ3n) is 3.71. The van der Waals surface area contributed by atoms with Crippen molar-refractivity contribution in [1.82, 2.24) is 0 Å². The van der Waals surface area contributed by atoms with E-state index < -0.39 is 0 Å². The van der Waals surface area contributed by atoms with E-state index in [-0.39, 0.29) is 0 Å². The molecular formula is C15H13Br2ClS. The molecule has 0 saturated heterocycles. The zero-order valence-corrected chi connectivity index (χ0v) is 14.9. The van der Waals surface area contributed by atoms with Crippen LogP contribution in [0.5, 0.6) is 0 Å². The van der Waals surface area contributed by atoms with E-state index in [0.29, 0.717) is 10.7 Å². The summed E-state index contributed by atoms with van der Waals surface area (Å²) in [6.45, 7) is 0. The monoisotopic (exact) mass is 418 g/mol. The van der Waals surface area contributed by atoms with Crippen LogP contribution in [0.25, 0.3) is 0 Å². The van der Waals surface area contributed by atoms with Gasteiger partial charge in [-0.1, -0.05) is 51.8 Å². The summed E-state index contributed by atoms with van der Waals surface area (Å²) >= 11 is 15.3. The van der Waals surface area contributed by atoms with Crippen LogP contribution < -0.4 is 0 Å². The molecule has 0 fully saturated rings. The SMILES string of the molecule is Clc1cc(C(Br)C2CCCc3ccccc32)sc1Br. The largest absolute Gasteiger partial charge is 0.130 e. The maximum absolute atomic E-state index is 6.16. The summed E-state index contributed by atoms with van der Waals surface area (Å²) in [6, 6.07) is 10.9. The van der Waals surface area contributed by atoms with Crippen LogP contribution in [-0.4, -0.2) is 0 Å². The van der Waals surface area contributed by atoms with E-state index >= 15 is 0 Å². The van der Waals surface area contributed by atoms with E-state index in [4.69, 9.17) is 11.6 Å². The van der Waals surface area contributed by atoms with Gasteiger partial charge < -0.3 is 0 Å². The molecule has 1 aliphatic carbocycles. The lowest BCUT2D eigenvalue weighted by Gasteiger charge is -2.28. The molecule has 1 aromatic heterocycles. The first-order chi connectivity index (χ1) is 9.16. The van der Waals surface area contributed by atoms with Crippen molar-refractivity contribution in [1.29, 1.82) is 0 Å². The molecule has 0 radical (unpaired) electrons. The van der Waals surface area contributed by atoms with Crippen molar-refractivity contribution in [3.8, 4) is 0 Å². The molecule has 4 heteroatoms.